The Bertz CT molecular complexity index is 673. The number of hydrogen-bond acceptors (Lipinski definition) is 4. The van der Waals surface area contributed by atoms with Crippen molar-refractivity contribution >= 4 is 23.2 Å². The van der Waals surface area contributed by atoms with Gasteiger partial charge in [-0.05, 0) is 50.6 Å². The number of nitrogens with one attached hydrogen (secondary N) is 1. The van der Waals surface area contributed by atoms with Crippen molar-refractivity contribution in [2.75, 3.05) is 16.8 Å². The third kappa shape index (κ3) is 4.15. The number of nitrogens with two attached hydrogens (primary N) is 2. The molecule has 2 aromatic carbocycles. The van der Waals surface area contributed by atoms with Gasteiger partial charge in [0.1, 0.15) is 5.60 Å². The number of nitrogen functional groups attached to an aromatic ring is 2. The van der Waals surface area contributed by atoms with Gasteiger partial charge in [0.05, 0.1) is 0 Å². The molecular weight excluding hydrogens is 278 g/mol. The van der Waals surface area contributed by atoms with Crippen molar-refractivity contribution < 1.29 is 9.53 Å². The van der Waals surface area contributed by atoms with Crippen molar-refractivity contribution in [1.82, 2.24) is 0 Å². The van der Waals surface area contributed by atoms with Gasteiger partial charge in [-0.2, -0.15) is 0 Å². The van der Waals surface area contributed by atoms with Gasteiger partial charge in [-0.15, -0.1) is 0 Å². The minimum atomic E-state index is -0.542. The standard InChI is InChI=1S/C17H21N3O2/c1-17(2,3)22-16(21)20-13-8-9-14(15(19)10-13)11-4-6-12(18)7-5-11/h4-10H,18-19H2,1-3H3,(H,20,21). The van der Waals surface area contributed by atoms with Crippen LogP contribution in [0.15, 0.2) is 42.5 Å². The molecular formula is C17H21N3O2. The molecule has 0 fully saturated rings. The summed E-state index contributed by atoms with van der Waals surface area (Å²) in [5.74, 6) is 0. The zero-order valence-electron chi connectivity index (χ0n) is 13.0. The number of ether oxygens (including phenoxy) is 1. The number of amides is 1. The number of rotatable bonds is 2. The average Bonchev–Trinajstić information content (AvgIpc) is 2.38. The van der Waals surface area contributed by atoms with Gasteiger partial charge in [0, 0.05) is 22.6 Å². The van der Waals surface area contributed by atoms with Crippen molar-refractivity contribution in [2.45, 2.75) is 26.4 Å². The fourth-order valence-corrected chi connectivity index (χ4v) is 1.99. The molecule has 0 saturated carbocycles. The van der Waals surface area contributed by atoms with E-state index in [9.17, 15) is 4.79 Å². The first-order valence-electron chi connectivity index (χ1n) is 7.00. The van der Waals surface area contributed by atoms with E-state index in [2.05, 4.69) is 5.32 Å². The van der Waals surface area contributed by atoms with Crippen LogP contribution in [0.3, 0.4) is 0 Å². The molecule has 0 aliphatic carbocycles. The predicted molar refractivity (Wildman–Crippen MR) is 90.6 cm³/mol. The average molecular weight is 299 g/mol. The zero-order chi connectivity index (χ0) is 16.3. The lowest BCUT2D eigenvalue weighted by molar-refractivity contribution is 0.0636. The van der Waals surface area contributed by atoms with Crippen LogP contribution in [-0.2, 0) is 4.74 Å². The van der Waals surface area contributed by atoms with Gasteiger partial charge in [-0.25, -0.2) is 4.79 Å². The Morgan fingerprint density at radius 1 is 1.05 bits per heavy atom. The molecule has 5 N–H and O–H groups in total. The van der Waals surface area contributed by atoms with E-state index in [1.54, 1.807) is 12.1 Å². The van der Waals surface area contributed by atoms with Gasteiger partial charge in [0.2, 0.25) is 0 Å². The van der Waals surface area contributed by atoms with Crippen LogP contribution >= 0.6 is 0 Å². The summed E-state index contributed by atoms with van der Waals surface area (Å²) in [5.41, 5.74) is 14.9. The highest BCUT2D eigenvalue weighted by molar-refractivity contribution is 5.88. The molecule has 2 rings (SSSR count). The normalized spacial score (nSPS) is 11.0. The lowest BCUT2D eigenvalue weighted by Gasteiger charge is -2.20. The maximum absolute atomic E-state index is 11.7. The molecule has 0 atom stereocenters. The van der Waals surface area contributed by atoms with Crippen molar-refractivity contribution in [3.05, 3.63) is 42.5 Å². The summed E-state index contributed by atoms with van der Waals surface area (Å²) in [6.45, 7) is 5.43. The van der Waals surface area contributed by atoms with Crippen LogP contribution in [0.25, 0.3) is 11.1 Å². The Balaban J connectivity index is 2.16. The van der Waals surface area contributed by atoms with Gasteiger partial charge in [0.15, 0.2) is 0 Å². The largest absolute Gasteiger partial charge is 0.444 e. The first-order valence-corrected chi connectivity index (χ1v) is 7.00. The van der Waals surface area contributed by atoms with Crippen molar-refractivity contribution in [3.8, 4) is 11.1 Å². The third-order valence-corrected chi connectivity index (χ3v) is 2.92. The van der Waals surface area contributed by atoms with Crippen LogP contribution in [0.1, 0.15) is 20.8 Å². The van der Waals surface area contributed by atoms with Crippen molar-refractivity contribution in [1.29, 1.82) is 0 Å². The molecule has 0 heterocycles. The molecule has 0 bridgehead atoms. The first-order chi connectivity index (χ1) is 10.2. The van der Waals surface area contributed by atoms with Crippen LogP contribution in [-0.4, -0.2) is 11.7 Å². The quantitative estimate of drug-likeness (QED) is 0.734. The molecule has 0 unspecified atom stereocenters. The van der Waals surface area contributed by atoms with E-state index in [-0.39, 0.29) is 0 Å². The smallest absolute Gasteiger partial charge is 0.412 e. The highest BCUT2D eigenvalue weighted by atomic mass is 16.6. The third-order valence-electron chi connectivity index (χ3n) is 2.92. The maximum Gasteiger partial charge on any atom is 0.412 e. The summed E-state index contributed by atoms with van der Waals surface area (Å²) in [6.07, 6.45) is -0.507. The molecule has 0 saturated heterocycles. The fourth-order valence-electron chi connectivity index (χ4n) is 1.99. The number of anilines is 3. The Labute approximate surface area is 130 Å². The van der Waals surface area contributed by atoms with Crippen molar-refractivity contribution in [2.24, 2.45) is 0 Å². The molecule has 0 aliphatic rings. The highest BCUT2D eigenvalue weighted by Crippen LogP contribution is 2.29. The molecule has 0 spiro atoms. The maximum atomic E-state index is 11.7. The lowest BCUT2D eigenvalue weighted by Crippen LogP contribution is -2.27. The molecule has 5 heteroatoms. The number of benzene rings is 2. The first kappa shape index (κ1) is 15.7. The van der Waals surface area contributed by atoms with E-state index < -0.39 is 11.7 Å². The van der Waals surface area contributed by atoms with E-state index in [1.807, 2.05) is 51.1 Å². The summed E-state index contributed by atoms with van der Waals surface area (Å²) in [7, 11) is 0. The summed E-state index contributed by atoms with van der Waals surface area (Å²) in [4.78, 5) is 11.7. The van der Waals surface area contributed by atoms with Crippen LogP contribution in [0.4, 0.5) is 21.9 Å². The van der Waals surface area contributed by atoms with Crippen molar-refractivity contribution in [3.63, 3.8) is 0 Å². The molecule has 116 valence electrons. The number of hydrogen-bond donors (Lipinski definition) is 3. The predicted octanol–water partition coefficient (Wildman–Crippen LogP) is 3.87. The van der Waals surface area contributed by atoms with Gasteiger partial charge in [-0.3, -0.25) is 5.32 Å². The second kappa shape index (κ2) is 5.97. The molecule has 22 heavy (non-hydrogen) atoms. The van der Waals surface area contributed by atoms with Crippen LogP contribution < -0.4 is 16.8 Å². The Hall–Kier alpha value is -2.69. The monoisotopic (exact) mass is 299 g/mol. The van der Waals surface area contributed by atoms with E-state index in [1.165, 1.54) is 0 Å². The van der Waals surface area contributed by atoms with E-state index in [0.29, 0.717) is 17.1 Å². The second-order valence-electron chi connectivity index (χ2n) is 6.05. The molecule has 5 nitrogen and oxygen atoms in total. The van der Waals surface area contributed by atoms with Gasteiger partial charge >= 0.3 is 6.09 Å². The van der Waals surface area contributed by atoms with E-state index in [0.717, 1.165) is 11.1 Å². The zero-order valence-corrected chi connectivity index (χ0v) is 13.0. The Morgan fingerprint density at radius 2 is 1.68 bits per heavy atom. The van der Waals surface area contributed by atoms with E-state index in [4.69, 9.17) is 16.2 Å². The topological polar surface area (TPSA) is 90.4 Å². The highest BCUT2D eigenvalue weighted by Gasteiger charge is 2.16. The second-order valence-corrected chi connectivity index (χ2v) is 6.05. The molecule has 0 radical (unpaired) electrons. The molecule has 0 aliphatic heterocycles. The minimum absolute atomic E-state index is 0.507. The fraction of sp³-hybridized carbons (Fsp3) is 0.235. The van der Waals surface area contributed by atoms with Gasteiger partial charge in [0.25, 0.3) is 0 Å². The summed E-state index contributed by atoms with van der Waals surface area (Å²) < 4.78 is 5.20. The SMILES string of the molecule is CC(C)(C)OC(=O)Nc1ccc(-c2ccc(N)cc2)c(N)c1. The van der Waals surface area contributed by atoms with Gasteiger partial charge in [-0.1, -0.05) is 18.2 Å². The van der Waals surface area contributed by atoms with Gasteiger partial charge < -0.3 is 16.2 Å². The van der Waals surface area contributed by atoms with Crippen LogP contribution in [0.2, 0.25) is 0 Å². The Kier molecular flexibility index (Phi) is 4.26. The summed E-state index contributed by atoms with van der Waals surface area (Å²) in [6, 6.07) is 12.8. The minimum Gasteiger partial charge on any atom is -0.444 e. The van der Waals surface area contributed by atoms with Crippen LogP contribution in [0, 0.1) is 0 Å². The molecule has 2 aromatic rings. The Morgan fingerprint density at radius 3 is 2.23 bits per heavy atom. The molecule has 1 amide bonds. The van der Waals surface area contributed by atoms with E-state index >= 15 is 0 Å². The molecule has 0 aromatic heterocycles. The van der Waals surface area contributed by atoms with Crippen LogP contribution in [0.5, 0.6) is 0 Å². The summed E-state index contributed by atoms with van der Waals surface area (Å²) >= 11 is 0. The number of carbonyl (C=O) groups excluding carboxylic acids is 1. The lowest BCUT2D eigenvalue weighted by atomic mass is 10.0. The summed E-state index contributed by atoms with van der Waals surface area (Å²) in [5, 5.41) is 2.67. The number of carbonyl (C=O) groups is 1.